The second-order valence-electron chi connectivity index (χ2n) is 8.55. The molecule has 1 aliphatic rings. The number of hydrogen-bond donors (Lipinski definition) is 0. The van der Waals surface area contributed by atoms with Gasteiger partial charge in [0.05, 0.1) is 16.2 Å². The monoisotopic (exact) mass is 408 g/mol. The number of nitrogens with zero attached hydrogens (tertiary/aromatic N) is 2. The summed E-state index contributed by atoms with van der Waals surface area (Å²) in [6.45, 7) is 12.2. The van der Waals surface area contributed by atoms with Gasteiger partial charge in [-0.1, -0.05) is 50.1 Å². The van der Waals surface area contributed by atoms with Crippen molar-refractivity contribution >= 4 is 34.8 Å². The standard InChI is InChI=1S/C26H33ClN2/c1-6-8-9-20-10-12-22(13-11-20)28-18-21-15-23-19(3)17-26(4,5)29(14-7-2)25(23)16-24(21)27/h10-13,15-18H,6-9,14H2,1-5H3. The molecule has 0 saturated carbocycles. The van der Waals surface area contributed by atoms with Gasteiger partial charge in [0.25, 0.3) is 0 Å². The molecule has 2 nitrogen and oxygen atoms in total. The molecule has 0 radical (unpaired) electrons. The zero-order valence-electron chi connectivity index (χ0n) is 18.4. The van der Waals surface area contributed by atoms with Crippen LogP contribution in [-0.2, 0) is 6.42 Å². The number of halogens is 1. The van der Waals surface area contributed by atoms with Crippen molar-refractivity contribution in [1.82, 2.24) is 0 Å². The van der Waals surface area contributed by atoms with Crippen LogP contribution in [0.3, 0.4) is 0 Å². The van der Waals surface area contributed by atoms with E-state index in [1.807, 2.05) is 6.21 Å². The minimum atomic E-state index is -0.00838. The Morgan fingerprint density at radius 2 is 1.79 bits per heavy atom. The van der Waals surface area contributed by atoms with Gasteiger partial charge in [0, 0.05) is 29.6 Å². The molecule has 0 amide bonds. The summed E-state index contributed by atoms with van der Waals surface area (Å²) in [6.07, 6.45) is 8.93. The minimum Gasteiger partial charge on any atom is -0.362 e. The summed E-state index contributed by atoms with van der Waals surface area (Å²) in [5.41, 5.74) is 7.05. The maximum atomic E-state index is 6.68. The fourth-order valence-corrected chi connectivity index (χ4v) is 4.33. The molecule has 0 N–H and O–H groups in total. The normalized spacial score (nSPS) is 15.5. The first-order valence-electron chi connectivity index (χ1n) is 10.8. The molecule has 2 aromatic rings. The average Bonchev–Trinajstić information content (AvgIpc) is 2.68. The SMILES string of the molecule is CCCCc1ccc(N=Cc2cc3c(cc2Cl)N(CCC)C(C)(C)C=C3C)cc1. The van der Waals surface area contributed by atoms with Crippen LogP contribution in [0.5, 0.6) is 0 Å². The lowest BCUT2D eigenvalue weighted by Gasteiger charge is -2.43. The zero-order valence-corrected chi connectivity index (χ0v) is 19.2. The van der Waals surface area contributed by atoms with Gasteiger partial charge in [-0.25, -0.2) is 0 Å². The van der Waals surface area contributed by atoms with Crippen LogP contribution in [0.15, 0.2) is 47.5 Å². The number of aryl methyl sites for hydroxylation is 1. The lowest BCUT2D eigenvalue weighted by Crippen LogP contribution is -2.45. The topological polar surface area (TPSA) is 15.6 Å². The van der Waals surface area contributed by atoms with Crippen LogP contribution in [-0.4, -0.2) is 18.3 Å². The highest BCUT2D eigenvalue weighted by atomic mass is 35.5. The van der Waals surface area contributed by atoms with Gasteiger partial charge in [-0.3, -0.25) is 4.99 Å². The molecule has 0 fully saturated rings. The molecule has 154 valence electrons. The number of allylic oxidation sites excluding steroid dienone is 1. The van der Waals surface area contributed by atoms with Crippen LogP contribution in [0.25, 0.3) is 5.57 Å². The van der Waals surface area contributed by atoms with Gasteiger partial charge in [-0.2, -0.15) is 0 Å². The van der Waals surface area contributed by atoms with Gasteiger partial charge in [0.1, 0.15) is 0 Å². The highest BCUT2D eigenvalue weighted by molar-refractivity contribution is 6.33. The van der Waals surface area contributed by atoms with E-state index in [2.05, 4.69) is 87.0 Å². The van der Waals surface area contributed by atoms with E-state index in [-0.39, 0.29) is 5.54 Å². The molecule has 0 aliphatic carbocycles. The maximum Gasteiger partial charge on any atom is 0.0630 e. The van der Waals surface area contributed by atoms with Crippen molar-refractivity contribution < 1.29 is 0 Å². The summed E-state index contributed by atoms with van der Waals surface area (Å²) in [5, 5.41) is 0.749. The van der Waals surface area contributed by atoms with Crippen molar-refractivity contribution in [3.63, 3.8) is 0 Å². The Hall–Kier alpha value is -2.06. The van der Waals surface area contributed by atoms with Crippen molar-refractivity contribution in [1.29, 1.82) is 0 Å². The zero-order chi connectivity index (χ0) is 21.0. The van der Waals surface area contributed by atoms with Crippen LogP contribution >= 0.6 is 11.6 Å². The lowest BCUT2D eigenvalue weighted by molar-refractivity contribution is 0.550. The van der Waals surface area contributed by atoms with Crippen LogP contribution in [0, 0.1) is 0 Å². The minimum absolute atomic E-state index is 0.00838. The summed E-state index contributed by atoms with van der Waals surface area (Å²) >= 11 is 6.68. The number of anilines is 1. The van der Waals surface area contributed by atoms with E-state index in [4.69, 9.17) is 11.6 Å². The average molecular weight is 409 g/mol. The van der Waals surface area contributed by atoms with Gasteiger partial charge >= 0.3 is 0 Å². The summed E-state index contributed by atoms with van der Waals surface area (Å²) in [4.78, 5) is 7.13. The predicted octanol–water partition coefficient (Wildman–Crippen LogP) is 7.85. The van der Waals surface area contributed by atoms with Crippen LogP contribution in [0.1, 0.15) is 70.6 Å². The fourth-order valence-electron chi connectivity index (χ4n) is 4.12. The number of fused-ring (bicyclic) bond motifs is 1. The van der Waals surface area contributed by atoms with E-state index in [0.29, 0.717) is 0 Å². The first kappa shape index (κ1) is 21.6. The summed E-state index contributed by atoms with van der Waals surface area (Å²) in [6, 6.07) is 12.8. The van der Waals surface area contributed by atoms with Gasteiger partial charge in [-0.15, -0.1) is 0 Å². The Balaban J connectivity index is 1.89. The summed E-state index contributed by atoms with van der Waals surface area (Å²) < 4.78 is 0. The maximum absolute atomic E-state index is 6.68. The van der Waals surface area contributed by atoms with E-state index in [1.54, 1.807) is 0 Å². The second kappa shape index (κ2) is 9.17. The largest absolute Gasteiger partial charge is 0.362 e. The van der Waals surface area contributed by atoms with Crippen molar-refractivity contribution in [3.8, 4) is 0 Å². The number of aliphatic imine (C=N–C) groups is 1. The number of hydrogen-bond acceptors (Lipinski definition) is 2. The van der Waals surface area contributed by atoms with Crippen molar-refractivity contribution in [2.75, 3.05) is 11.4 Å². The Morgan fingerprint density at radius 3 is 2.45 bits per heavy atom. The third-order valence-electron chi connectivity index (χ3n) is 5.65. The van der Waals surface area contributed by atoms with Gasteiger partial charge in [0.15, 0.2) is 0 Å². The molecule has 29 heavy (non-hydrogen) atoms. The van der Waals surface area contributed by atoms with Crippen LogP contribution in [0.2, 0.25) is 5.02 Å². The Kier molecular flexibility index (Phi) is 6.85. The van der Waals surface area contributed by atoms with Crippen molar-refractivity contribution in [3.05, 3.63) is 64.2 Å². The lowest BCUT2D eigenvalue weighted by atomic mass is 9.88. The molecular formula is C26H33ClN2. The molecule has 1 heterocycles. The predicted molar refractivity (Wildman–Crippen MR) is 129 cm³/mol. The van der Waals surface area contributed by atoms with E-state index in [0.717, 1.165) is 35.7 Å². The highest BCUT2D eigenvalue weighted by Gasteiger charge is 2.31. The molecular weight excluding hydrogens is 376 g/mol. The molecule has 1 aliphatic heterocycles. The van der Waals surface area contributed by atoms with E-state index >= 15 is 0 Å². The Labute approximate surface area is 181 Å². The molecule has 3 heteroatoms. The van der Waals surface area contributed by atoms with E-state index < -0.39 is 0 Å². The third kappa shape index (κ3) is 4.93. The third-order valence-corrected chi connectivity index (χ3v) is 5.98. The molecule has 0 bridgehead atoms. The second-order valence-corrected chi connectivity index (χ2v) is 8.96. The van der Waals surface area contributed by atoms with E-state index in [1.165, 1.54) is 35.2 Å². The number of benzene rings is 2. The first-order valence-corrected chi connectivity index (χ1v) is 11.2. The molecule has 0 aromatic heterocycles. The molecule has 2 aromatic carbocycles. The Morgan fingerprint density at radius 1 is 1.07 bits per heavy atom. The quantitative estimate of drug-likeness (QED) is 0.426. The van der Waals surface area contributed by atoms with Crippen molar-refractivity contribution in [2.45, 2.75) is 65.8 Å². The fraction of sp³-hybridized carbons (Fsp3) is 0.423. The molecule has 0 saturated heterocycles. The number of unbranched alkanes of at least 4 members (excludes halogenated alkanes) is 1. The van der Waals surface area contributed by atoms with Crippen LogP contribution < -0.4 is 4.90 Å². The molecule has 0 spiro atoms. The summed E-state index contributed by atoms with van der Waals surface area (Å²) in [7, 11) is 0. The molecule has 0 unspecified atom stereocenters. The van der Waals surface area contributed by atoms with Gasteiger partial charge in [0.2, 0.25) is 0 Å². The number of rotatable bonds is 7. The van der Waals surface area contributed by atoms with Crippen LogP contribution in [0.4, 0.5) is 11.4 Å². The smallest absolute Gasteiger partial charge is 0.0630 e. The van der Waals surface area contributed by atoms with Crippen molar-refractivity contribution in [2.24, 2.45) is 4.99 Å². The first-order chi connectivity index (χ1) is 13.9. The highest BCUT2D eigenvalue weighted by Crippen LogP contribution is 2.41. The Bertz CT molecular complexity index is 907. The van der Waals surface area contributed by atoms with Gasteiger partial charge in [-0.05, 0) is 75.4 Å². The molecule has 3 rings (SSSR count). The summed E-state index contributed by atoms with van der Waals surface area (Å²) in [5.74, 6) is 0. The molecule has 0 atom stereocenters. The van der Waals surface area contributed by atoms with E-state index in [9.17, 15) is 0 Å². The van der Waals surface area contributed by atoms with Gasteiger partial charge < -0.3 is 4.90 Å².